The van der Waals surface area contributed by atoms with Gasteiger partial charge in [-0.1, -0.05) is 0 Å². The van der Waals surface area contributed by atoms with Gasteiger partial charge in [-0.05, 0) is 0 Å². The molecule has 0 atom stereocenters. The third kappa shape index (κ3) is 57.6. The molecule has 0 saturated carbocycles. The summed E-state index contributed by atoms with van der Waals surface area (Å²) < 4.78 is 8.55. The molecule has 0 aliphatic heterocycles. The predicted octanol–water partition coefficient (Wildman–Crippen LogP) is -3.97. The van der Waals surface area contributed by atoms with Crippen molar-refractivity contribution >= 4 is 108 Å². The molecule has 0 amide bonds. The fourth-order valence-corrected chi connectivity index (χ4v) is 0. The normalized spacial score (nSPS) is 7.38. The van der Waals surface area contributed by atoms with Crippen LogP contribution in [0.25, 0.3) is 0 Å². The third-order valence-electron chi connectivity index (χ3n) is 0. The van der Waals surface area contributed by atoms with Gasteiger partial charge in [0.25, 0.3) is 0 Å². The second-order valence-corrected chi connectivity index (χ2v) is 1.34. The van der Waals surface area contributed by atoms with E-state index >= 15 is 0 Å². The van der Waals surface area contributed by atoms with E-state index in [1.165, 1.54) is 0 Å². The van der Waals surface area contributed by atoms with E-state index in [-0.39, 0.29) is 101 Å². The first-order chi connectivity index (χ1) is 2.00. The van der Waals surface area contributed by atoms with Gasteiger partial charge < -0.3 is 19.2 Å². The number of hydrogen-bond donors (Lipinski definition) is 0. The van der Waals surface area contributed by atoms with Crippen molar-refractivity contribution in [3.05, 3.63) is 0 Å². The van der Waals surface area contributed by atoms with Crippen LogP contribution in [0.3, 0.4) is 0 Å². The zero-order chi connectivity index (χ0) is 4.50. The van der Waals surface area contributed by atoms with Crippen molar-refractivity contribution in [1.82, 2.24) is 0 Å². The number of hydrogen-bond acceptors (Lipinski definition) is 4. The first-order valence-electron chi connectivity index (χ1n) is 0.730. The summed E-state index contributed by atoms with van der Waals surface area (Å²) in [5.74, 6) is 0. The minimum atomic E-state index is -5.39. The summed E-state index contributed by atoms with van der Waals surface area (Å²) in [5.41, 5.74) is 0. The van der Waals surface area contributed by atoms with Gasteiger partial charge in [-0.25, -0.2) is 0 Å². The molecule has 0 aromatic heterocycles. The predicted molar refractivity (Wildman–Crippen MR) is 24.9 cm³/mol. The fraction of sp³-hybridized carbons (Fsp3) is 0. The topological polar surface area (TPSA) is 86.2 Å². The summed E-state index contributed by atoms with van der Waals surface area (Å²) in [5, 5.41) is 0. The Kier molecular flexibility index (Phi) is 29.2. The SMILES string of the molecule is O=P([O-])([O-])[O-].[Al+3].[Ca+2].[Sr+2]. The monoisotopic (exact) mass is 250 g/mol. The van der Waals surface area contributed by atoms with Crippen LogP contribution in [-0.4, -0.2) is 101 Å². The van der Waals surface area contributed by atoms with Crippen molar-refractivity contribution in [3.8, 4) is 0 Å². The molecular weight excluding hydrogens is 250 g/mol. The van der Waals surface area contributed by atoms with Crippen molar-refractivity contribution in [3.63, 3.8) is 0 Å². The van der Waals surface area contributed by atoms with E-state index in [2.05, 4.69) is 0 Å². The molecule has 0 aliphatic rings. The molecule has 0 aromatic carbocycles. The molecule has 0 bridgehead atoms. The van der Waals surface area contributed by atoms with Crippen molar-refractivity contribution < 1.29 is 19.2 Å². The summed E-state index contributed by atoms with van der Waals surface area (Å²) in [6.07, 6.45) is 0. The van der Waals surface area contributed by atoms with Crippen LogP contribution in [0.5, 0.6) is 0 Å². The molecule has 0 N–H and O–H groups in total. The Morgan fingerprint density at radius 2 is 1.12 bits per heavy atom. The first kappa shape index (κ1) is 22.5. The van der Waals surface area contributed by atoms with Gasteiger partial charge in [-0.2, -0.15) is 7.82 Å². The summed E-state index contributed by atoms with van der Waals surface area (Å²) in [6.45, 7) is 0. The van der Waals surface area contributed by atoms with Crippen molar-refractivity contribution in [2.75, 3.05) is 0 Å². The quantitative estimate of drug-likeness (QED) is 0.324. The van der Waals surface area contributed by atoms with Gasteiger partial charge in [-0.15, -0.1) is 0 Å². The summed E-state index contributed by atoms with van der Waals surface area (Å²) in [6, 6.07) is 0. The Labute approximate surface area is 125 Å². The largest absolute Gasteiger partial charge is 3.00 e. The molecule has 0 heterocycles. The van der Waals surface area contributed by atoms with Gasteiger partial charge in [0.15, 0.2) is 0 Å². The average Bonchev–Trinajstić information content (AvgIpc) is 0.722. The molecule has 0 spiro atoms. The fourth-order valence-electron chi connectivity index (χ4n) is 0. The second kappa shape index (κ2) is 10.4. The van der Waals surface area contributed by atoms with Crippen LogP contribution in [0.2, 0.25) is 0 Å². The van der Waals surface area contributed by atoms with Crippen LogP contribution in [-0.2, 0) is 4.57 Å². The number of phosphoric acid groups is 1. The smallest absolute Gasteiger partial charge is 0.822 e. The number of rotatable bonds is 0. The van der Waals surface area contributed by atoms with Crippen LogP contribution in [0.4, 0.5) is 0 Å². The maximum atomic E-state index is 8.55. The van der Waals surface area contributed by atoms with E-state index in [4.69, 9.17) is 19.2 Å². The van der Waals surface area contributed by atoms with Crippen molar-refractivity contribution in [1.29, 1.82) is 0 Å². The van der Waals surface area contributed by atoms with Gasteiger partial charge in [0.05, 0.1) is 0 Å². The average molecular weight is 250 g/mol. The zero-order valence-electron chi connectivity index (χ0n) is 4.07. The molecule has 0 aromatic rings. The van der Waals surface area contributed by atoms with E-state index in [1.54, 1.807) is 0 Å². The second-order valence-electron chi connectivity index (χ2n) is 0.447. The molecule has 8 heteroatoms. The van der Waals surface area contributed by atoms with Crippen molar-refractivity contribution in [2.24, 2.45) is 0 Å². The van der Waals surface area contributed by atoms with E-state index in [0.717, 1.165) is 0 Å². The minimum absolute atomic E-state index is 0. The van der Waals surface area contributed by atoms with Gasteiger partial charge >= 0.3 is 101 Å². The molecule has 0 unspecified atom stereocenters. The first-order valence-corrected chi connectivity index (χ1v) is 2.19. The van der Waals surface area contributed by atoms with Crippen LogP contribution in [0.15, 0.2) is 0 Å². The van der Waals surface area contributed by atoms with Gasteiger partial charge in [-0.3, -0.25) is 0 Å². The molecule has 0 fully saturated rings. The molecule has 0 aliphatic carbocycles. The molecular formula is AlCaO4PSr+4. The zero-order valence-corrected chi connectivity index (χ0v) is 11.8. The van der Waals surface area contributed by atoms with Crippen LogP contribution < -0.4 is 14.7 Å². The summed E-state index contributed by atoms with van der Waals surface area (Å²) in [7, 11) is -5.39. The molecule has 4 nitrogen and oxygen atoms in total. The van der Waals surface area contributed by atoms with Gasteiger partial charge in [0, 0.05) is 0 Å². The van der Waals surface area contributed by atoms with Crippen LogP contribution >= 0.6 is 7.82 Å². The van der Waals surface area contributed by atoms with E-state index in [1.807, 2.05) is 0 Å². The van der Waals surface area contributed by atoms with Crippen LogP contribution in [0, 0.1) is 0 Å². The Hall–Kier alpha value is 3.38. The standard InChI is InChI=1S/Al.Ca.H3O4P.Sr/c;;1-5(2,3)4;/h;;(H3,1,2,3,4);/q+3;+2;;+2/p-3. The summed E-state index contributed by atoms with van der Waals surface area (Å²) in [4.78, 5) is 25.6. The van der Waals surface area contributed by atoms with E-state index in [0.29, 0.717) is 0 Å². The Balaban J connectivity index is -0.0000000267. The van der Waals surface area contributed by atoms with E-state index < -0.39 is 7.82 Å². The van der Waals surface area contributed by atoms with Crippen molar-refractivity contribution in [2.45, 2.75) is 0 Å². The summed E-state index contributed by atoms with van der Waals surface area (Å²) >= 11 is 0. The molecule has 32 valence electrons. The molecule has 0 rings (SSSR count). The Morgan fingerprint density at radius 3 is 1.12 bits per heavy atom. The van der Waals surface area contributed by atoms with Gasteiger partial charge in [0.2, 0.25) is 0 Å². The maximum Gasteiger partial charge on any atom is 3.00 e. The third-order valence-corrected chi connectivity index (χ3v) is 0. The maximum absolute atomic E-state index is 8.55. The molecule has 0 radical (unpaired) electrons. The molecule has 8 heavy (non-hydrogen) atoms. The molecule has 0 saturated heterocycles. The Bertz CT molecular complexity index is 62.2. The van der Waals surface area contributed by atoms with Gasteiger partial charge in [0.1, 0.15) is 0 Å². The van der Waals surface area contributed by atoms with E-state index in [9.17, 15) is 0 Å². The minimum Gasteiger partial charge on any atom is -0.822 e. The van der Waals surface area contributed by atoms with Crippen LogP contribution in [0.1, 0.15) is 0 Å². The Morgan fingerprint density at radius 1 is 1.12 bits per heavy atom.